The SMILES string of the molecule is CC(C)(C)C1=C(C(C)(C)C)CCC1.CC(C)(C)C1=C(C(C)(C)C)CCCC1.CC(C)(C)c1cccnc1C(C)(C)C.CC(C)(C)c1cccnc1C(C)(C)C.CC(C)(C)c1ccncc1C(C)(C)C.CC(C)(C)c1ccncc1C(C)(C)C.CC(C)(C)c1ccsc1C(C)(C)C.CC(C)(C)c1nccnc1C(C)(C)C. The Kier molecular flexibility index (Phi) is 36.0. The van der Waals surface area contributed by atoms with Gasteiger partial charge in [-0.3, -0.25) is 29.9 Å². The first kappa shape index (κ1) is 103. The molecule has 0 unspecified atom stereocenters. The molecule has 6 heterocycles. The fraction of sp³-hybridized carbons (Fsp3) is 0.689. The van der Waals surface area contributed by atoms with Crippen molar-refractivity contribution >= 4 is 11.3 Å². The van der Waals surface area contributed by atoms with E-state index in [1.165, 1.54) is 100 Å². The van der Waals surface area contributed by atoms with E-state index < -0.39 is 0 Å². The van der Waals surface area contributed by atoms with Gasteiger partial charge in [-0.25, -0.2) is 0 Å². The van der Waals surface area contributed by atoms with Gasteiger partial charge in [-0.2, -0.15) is 0 Å². The number of allylic oxidation sites excluding steroid dienone is 4. The zero-order valence-electron chi connectivity index (χ0n) is 81.3. The van der Waals surface area contributed by atoms with Crippen LogP contribution in [-0.4, -0.2) is 29.9 Å². The molecule has 0 fully saturated rings. The molecule has 0 bridgehead atoms. The highest BCUT2D eigenvalue weighted by Gasteiger charge is 2.35. The Labute approximate surface area is 687 Å². The van der Waals surface area contributed by atoms with Crippen molar-refractivity contribution in [2.24, 2.45) is 21.7 Å². The average Bonchev–Trinajstić information content (AvgIpc) is 1.22. The van der Waals surface area contributed by atoms with Gasteiger partial charge in [0.05, 0.1) is 11.4 Å². The molecule has 0 saturated heterocycles. The van der Waals surface area contributed by atoms with Gasteiger partial charge in [0.2, 0.25) is 0 Å². The lowest BCUT2D eigenvalue weighted by Crippen LogP contribution is -2.24. The smallest absolute Gasteiger partial charge is 0.0677 e. The number of thiophene rings is 1. The molecular formula is C103H174N6S. The van der Waals surface area contributed by atoms with Crippen molar-refractivity contribution in [1.29, 1.82) is 0 Å². The molecule has 110 heavy (non-hydrogen) atoms. The molecule has 0 radical (unpaired) electrons. The highest BCUT2D eigenvalue weighted by atomic mass is 32.1. The minimum atomic E-state index is 0.0663. The van der Waals surface area contributed by atoms with Crippen LogP contribution in [0.2, 0.25) is 0 Å². The van der Waals surface area contributed by atoms with Crippen LogP contribution >= 0.6 is 11.3 Å². The fourth-order valence-electron chi connectivity index (χ4n) is 14.4. The number of nitrogens with zero attached hydrogens (tertiary/aromatic N) is 6. The normalized spacial score (nSPS) is 14.8. The van der Waals surface area contributed by atoms with Crippen molar-refractivity contribution in [2.45, 2.75) is 442 Å². The van der Waals surface area contributed by atoms with Crippen molar-refractivity contribution in [3.63, 3.8) is 0 Å². The van der Waals surface area contributed by atoms with E-state index in [1.807, 2.05) is 60.7 Å². The second-order valence-electron chi connectivity index (χ2n) is 48.0. The van der Waals surface area contributed by atoms with Gasteiger partial charge in [-0.1, -0.05) is 367 Å². The quantitative estimate of drug-likeness (QED) is 0.141. The van der Waals surface area contributed by atoms with Crippen molar-refractivity contribution in [2.75, 3.05) is 0 Å². The van der Waals surface area contributed by atoms with Crippen molar-refractivity contribution < 1.29 is 0 Å². The molecule has 2 aliphatic carbocycles. The van der Waals surface area contributed by atoms with Crippen molar-refractivity contribution in [1.82, 2.24) is 29.9 Å². The summed E-state index contributed by atoms with van der Waals surface area (Å²) in [5.74, 6) is 0. The summed E-state index contributed by atoms with van der Waals surface area (Å²) in [5, 5.41) is 2.21. The second kappa shape index (κ2) is 38.5. The summed E-state index contributed by atoms with van der Waals surface area (Å²) in [5.41, 5.74) is 24.9. The Morgan fingerprint density at radius 3 is 0.655 bits per heavy atom. The highest BCUT2D eigenvalue weighted by Crippen LogP contribution is 2.47. The summed E-state index contributed by atoms with van der Waals surface area (Å²) in [6, 6.07) is 15.0. The first-order valence-corrected chi connectivity index (χ1v) is 42.9. The third-order valence-corrected chi connectivity index (χ3v) is 21.4. The second-order valence-corrected chi connectivity index (χ2v) is 48.9. The third-order valence-electron chi connectivity index (χ3n) is 20.1. The Morgan fingerprint density at radius 1 is 0.209 bits per heavy atom. The van der Waals surface area contributed by atoms with E-state index in [-0.39, 0.29) is 65.0 Å². The lowest BCUT2D eigenvalue weighted by Gasteiger charge is -2.36. The van der Waals surface area contributed by atoms with Crippen LogP contribution in [0.25, 0.3) is 0 Å². The van der Waals surface area contributed by atoms with Crippen LogP contribution in [0.4, 0.5) is 0 Å². The summed E-state index contributed by atoms with van der Waals surface area (Å²) in [4.78, 5) is 27.9. The molecule has 6 aromatic rings. The first-order chi connectivity index (χ1) is 48.8. The predicted molar refractivity (Wildman–Crippen MR) is 492 cm³/mol. The summed E-state index contributed by atoms with van der Waals surface area (Å²) >= 11 is 1.88. The maximum absolute atomic E-state index is 4.52. The molecule has 0 spiro atoms. The van der Waals surface area contributed by atoms with E-state index in [0.717, 1.165) is 11.4 Å². The maximum Gasteiger partial charge on any atom is 0.0677 e. The van der Waals surface area contributed by atoms with Crippen molar-refractivity contribution in [3.8, 4) is 0 Å². The van der Waals surface area contributed by atoms with Crippen LogP contribution < -0.4 is 0 Å². The summed E-state index contributed by atoms with van der Waals surface area (Å²) in [6.07, 6.45) is 24.6. The molecular weight excluding hydrogens is 1350 g/mol. The molecule has 0 atom stereocenters. The molecule has 0 aromatic carbocycles. The topological polar surface area (TPSA) is 77.3 Å². The van der Waals surface area contributed by atoms with Gasteiger partial charge in [-0.05, 0) is 185 Å². The molecule has 6 aromatic heterocycles. The lowest BCUT2D eigenvalue weighted by molar-refractivity contribution is 0.389. The fourth-order valence-corrected chi connectivity index (χ4v) is 15.6. The summed E-state index contributed by atoms with van der Waals surface area (Å²) in [7, 11) is 0. The van der Waals surface area contributed by atoms with Gasteiger partial charge in [0.25, 0.3) is 0 Å². The van der Waals surface area contributed by atoms with E-state index in [4.69, 9.17) is 0 Å². The number of pyridine rings is 4. The number of hydrogen-bond donors (Lipinski definition) is 0. The molecule has 7 heteroatoms. The molecule has 0 amide bonds. The summed E-state index contributed by atoms with van der Waals surface area (Å²) < 4.78 is 0. The van der Waals surface area contributed by atoms with Gasteiger partial charge in [0.15, 0.2) is 0 Å². The maximum atomic E-state index is 4.52. The molecule has 0 saturated carbocycles. The van der Waals surface area contributed by atoms with Crippen LogP contribution in [0.3, 0.4) is 0 Å². The van der Waals surface area contributed by atoms with Gasteiger partial charge < -0.3 is 0 Å². The Morgan fingerprint density at radius 2 is 0.455 bits per heavy atom. The molecule has 0 aliphatic heterocycles. The zero-order chi connectivity index (χ0) is 86.5. The number of hydrogen-bond acceptors (Lipinski definition) is 7. The minimum Gasteiger partial charge on any atom is -0.264 e. The van der Waals surface area contributed by atoms with Gasteiger partial charge in [0.1, 0.15) is 0 Å². The molecule has 2 aliphatic rings. The highest BCUT2D eigenvalue weighted by molar-refractivity contribution is 7.10. The third kappa shape index (κ3) is 34.1. The summed E-state index contributed by atoms with van der Waals surface area (Å²) in [6.45, 7) is 109. The molecule has 8 rings (SSSR count). The van der Waals surface area contributed by atoms with E-state index in [0.29, 0.717) is 21.7 Å². The number of rotatable bonds is 0. The van der Waals surface area contributed by atoms with E-state index in [2.05, 4.69) is 398 Å². The first-order valence-electron chi connectivity index (χ1n) is 42.0. The Balaban J connectivity index is 0.000000629. The molecule has 622 valence electrons. The van der Waals surface area contributed by atoms with E-state index in [1.54, 1.807) is 34.7 Å². The van der Waals surface area contributed by atoms with Crippen LogP contribution in [0, 0.1) is 21.7 Å². The predicted octanol–water partition coefficient (Wildman–Crippen LogP) is 31.6. The average molecular weight is 1530 g/mol. The zero-order valence-corrected chi connectivity index (χ0v) is 82.1. The van der Waals surface area contributed by atoms with Gasteiger partial charge >= 0.3 is 0 Å². The van der Waals surface area contributed by atoms with Gasteiger partial charge in [0, 0.05) is 87.5 Å². The lowest BCUT2D eigenvalue weighted by atomic mass is 9.69. The minimum absolute atomic E-state index is 0.0663. The van der Waals surface area contributed by atoms with Crippen molar-refractivity contribution in [3.05, 3.63) is 186 Å². The largest absolute Gasteiger partial charge is 0.264 e. The van der Waals surface area contributed by atoms with E-state index >= 15 is 0 Å². The van der Waals surface area contributed by atoms with Gasteiger partial charge in [-0.15, -0.1) is 11.3 Å². The molecule has 6 nitrogen and oxygen atoms in total. The van der Waals surface area contributed by atoms with Crippen LogP contribution in [-0.2, 0) is 65.0 Å². The Hall–Kier alpha value is -5.14. The number of aromatic nitrogens is 6. The van der Waals surface area contributed by atoms with Crippen LogP contribution in [0.5, 0.6) is 0 Å². The monoisotopic (exact) mass is 1530 g/mol. The standard InChI is InChI=1S/C14H26.4C13H21N.C13H24.C12H20N2.C12H20S/c1-13(2,3)11-9-7-8-10-12(11)14(4,5)6;2*1-12(2,3)10-7-8-14-9-11(10)13(4,5)6;2*1-12(2,3)10-8-7-9-14-11(10)13(4,5)6;1-12(2,3)10-8-7-9-11(10)13(4,5)6;1-11(2,3)9-10(12(4,5)6)14-8-7-13-9;1-11(2,3)9-7-8-13-10(9)12(4,5)6/h7-10H2,1-6H3;4*7-9H,1-6H3;7-9H2,1-6H3;7-8H,1-6H3;7-8H,1-6H3. The molecule has 0 N–H and O–H groups in total. The van der Waals surface area contributed by atoms with Crippen LogP contribution in [0.1, 0.15) is 444 Å². The van der Waals surface area contributed by atoms with Crippen LogP contribution in [0.15, 0.2) is 120 Å². The Bertz CT molecular complexity index is 3180. The van der Waals surface area contributed by atoms with E-state index in [9.17, 15) is 0 Å².